The highest BCUT2D eigenvalue weighted by Crippen LogP contribution is 2.39. The topological polar surface area (TPSA) is 63.4 Å². The third-order valence-corrected chi connectivity index (χ3v) is 4.49. The van der Waals surface area contributed by atoms with Crippen molar-refractivity contribution in [2.24, 2.45) is 17.6 Å². The van der Waals surface area contributed by atoms with Crippen LogP contribution in [0, 0.1) is 11.8 Å². The molecule has 1 saturated heterocycles. The van der Waals surface area contributed by atoms with Crippen LogP contribution in [-0.2, 0) is 9.59 Å². The Kier molecular flexibility index (Phi) is 3.30. The van der Waals surface area contributed by atoms with Gasteiger partial charge < -0.3 is 5.73 Å². The fourth-order valence-electron chi connectivity index (χ4n) is 3.19. The summed E-state index contributed by atoms with van der Waals surface area (Å²) in [5.41, 5.74) is 6.91. The van der Waals surface area contributed by atoms with Crippen LogP contribution in [0.4, 0.5) is 5.69 Å². The first-order chi connectivity index (χ1) is 9.59. The maximum absolute atomic E-state index is 12.4. The molecule has 2 N–H and O–H groups in total. The van der Waals surface area contributed by atoms with E-state index >= 15 is 0 Å². The van der Waals surface area contributed by atoms with Crippen molar-refractivity contribution in [1.82, 2.24) is 0 Å². The van der Waals surface area contributed by atoms with E-state index in [0.717, 1.165) is 31.2 Å². The second kappa shape index (κ2) is 4.98. The maximum Gasteiger partial charge on any atom is 0.237 e. The molecule has 4 nitrogen and oxygen atoms in total. The summed E-state index contributed by atoms with van der Waals surface area (Å²) in [6, 6.07) is 6.98. The quantitative estimate of drug-likeness (QED) is 0.668. The van der Waals surface area contributed by atoms with Crippen LogP contribution in [0.15, 0.2) is 24.3 Å². The highest BCUT2D eigenvalue weighted by Gasteiger charge is 2.48. The number of carbonyl (C=O) groups excluding carboxylic acids is 2. The Bertz CT molecular complexity index is 558. The van der Waals surface area contributed by atoms with Crippen LogP contribution in [0.1, 0.15) is 31.2 Å². The summed E-state index contributed by atoms with van der Waals surface area (Å²) in [5, 5.41) is 0. The lowest BCUT2D eigenvalue weighted by atomic mass is 9.81. The Morgan fingerprint density at radius 1 is 1.05 bits per heavy atom. The lowest BCUT2D eigenvalue weighted by molar-refractivity contribution is -0.122. The van der Waals surface area contributed by atoms with Crippen molar-refractivity contribution >= 4 is 34.7 Å². The van der Waals surface area contributed by atoms with Gasteiger partial charge in [0.05, 0.1) is 17.5 Å². The molecule has 20 heavy (non-hydrogen) atoms. The lowest BCUT2D eigenvalue weighted by Gasteiger charge is -2.19. The molecule has 1 heterocycles. The molecule has 1 saturated carbocycles. The minimum atomic E-state index is -0.119. The Labute approximate surface area is 122 Å². The second-order valence-electron chi connectivity index (χ2n) is 5.42. The molecule has 1 aliphatic heterocycles. The molecule has 0 spiro atoms. The zero-order chi connectivity index (χ0) is 14.3. The summed E-state index contributed by atoms with van der Waals surface area (Å²) in [4.78, 5) is 26.5. The Morgan fingerprint density at radius 3 is 2.00 bits per heavy atom. The highest BCUT2D eigenvalue weighted by molar-refractivity contribution is 7.80. The summed E-state index contributed by atoms with van der Waals surface area (Å²) < 4.78 is 0. The fourth-order valence-corrected chi connectivity index (χ4v) is 3.33. The number of thiocarbonyl (C=S) groups is 1. The van der Waals surface area contributed by atoms with Crippen molar-refractivity contribution in [3.8, 4) is 0 Å². The molecule has 1 aromatic rings. The first-order valence-corrected chi connectivity index (χ1v) is 7.28. The third kappa shape index (κ3) is 2.02. The number of hydrogen-bond donors (Lipinski definition) is 1. The number of nitrogens with two attached hydrogens (primary N) is 1. The van der Waals surface area contributed by atoms with E-state index < -0.39 is 0 Å². The van der Waals surface area contributed by atoms with Gasteiger partial charge in [0, 0.05) is 5.56 Å². The van der Waals surface area contributed by atoms with Gasteiger partial charge in [-0.05, 0) is 37.1 Å². The van der Waals surface area contributed by atoms with Crippen LogP contribution < -0.4 is 10.6 Å². The van der Waals surface area contributed by atoms with Crippen LogP contribution in [0.25, 0.3) is 0 Å². The largest absolute Gasteiger partial charge is 0.389 e. The Balaban J connectivity index is 1.91. The van der Waals surface area contributed by atoms with Gasteiger partial charge >= 0.3 is 0 Å². The van der Waals surface area contributed by atoms with Crippen molar-refractivity contribution in [1.29, 1.82) is 0 Å². The van der Waals surface area contributed by atoms with Crippen LogP contribution in [0.3, 0.4) is 0 Å². The van der Waals surface area contributed by atoms with Gasteiger partial charge in [-0.1, -0.05) is 25.1 Å². The number of anilines is 1. The van der Waals surface area contributed by atoms with E-state index in [4.69, 9.17) is 18.0 Å². The first-order valence-electron chi connectivity index (χ1n) is 6.87. The number of hydrogen-bond acceptors (Lipinski definition) is 3. The van der Waals surface area contributed by atoms with E-state index in [0.29, 0.717) is 10.7 Å². The van der Waals surface area contributed by atoms with Gasteiger partial charge in [-0.15, -0.1) is 0 Å². The van der Waals surface area contributed by atoms with Crippen molar-refractivity contribution in [3.63, 3.8) is 0 Å². The van der Waals surface area contributed by atoms with Crippen LogP contribution >= 0.6 is 12.2 Å². The standard InChI is InChI=1S/C15H16N2O2S/c16-13(20)9-5-7-10(8-6-9)17-14(18)11-3-1-2-4-12(11)15(17)19/h5-8,11-12H,1-4H2,(H2,16,20). The number of fused-ring (bicyclic) bond motifs is 1. The molecular weight excluding hydrogens is 272 g/mol. The average molecular weight is 288 g/mol. The van der Waals surface area contributed by atoms with Crippen molar-refractivity contribution < 1.29 is 9.59 Å². The van der Waals surface area contributed by atoms with Gasteiger partial charge in [0.2, 0.25) is 11.8 Å². The molecule has 104 valence electrons. The lowest BCUT2D eigenvalue weighted by Crippen LogP contribution is -2.30. The average Bonchev–Trinajstić information content (AvgIpc) is 2.72. The van der Waals surface area contributed by atoms with Crippen molar-refractivity contribution in [3.05, 3.63) is 29.8 Å². The van der Waals surface area contributed by atoms with E-state index in [1.54, 1.807) is 24.3 Å². The smallest absolute Gasteiger partial charge is 0.237 e. The predicted molar refractivity (Wildman–Crippen MR) is 80.3 cm³/mol. The third-order valence-electron chi connectivity index (χ3n) is 4.25. The van der Waals surface area contributed by atoms with Gasteiger partial charge in [0.25, 0.3) is 0 Å². The molecule has 2 atom stereocenters. The SMILES string of the molecule is NC(=S)c1ccc(N2C(=O)C3CCCCC3C2=O)cc1. The van der Waals surface area contributed by atoms with E-state index in [1.807, 2.05) is 0 Å². The molecule has 0 radical (unpaired) electrons. The zero-order valence-corrected chi connectivity index (χ0v) is 11.9. The molecule has 1 aliphatic carbocycles. The second-order valence-corrected chi connectivity index (χ2v) is 5.86. The summed E-state index contributed by atoms with van der Waals surface area (Å²) in [6.45, 7) is 0. The van der Waals surface area contributed by atoms with Crippen molar-refractivity contribution in [2.45, 2.75) is 25.7 Å². The first kappa shape index (κ1) is 13.2. The minimum absolute atomic E-state index is 0.0530. The van der Waals surface area contributed by atoms with Crippen LogP contribution in [0.5, 0.6) is 0 Å². The maximum atomic E-state index is 12.4. The molecule has 0 bridgehead atoms. The Morgan fingerprint density at radius 2 is 1.55 bits per heavy atom. The van der Waals surface area contributed by atoms with Crippen molar-refractivity contribution in [2.75, 3.05) is 4.90 Å². The zero-order valence-electron chi connectivity index (χ0n) is 11.0. The van der Waals surface area contributed by atoms with E-state index in [9.17, 15) is 9.59 Å². The number of nitrogens with zero attached hydrogens (tertiary/aromatic N) is 1. The monoisotopic (exact) mass is 288 g/mol. The van der Waals surface area contributed by atoms with Gasteiger partial charge in [-0.3, -0.25) is 14.5 Å². The molecule has 1 aromatic carbocycles. The normalized spacial score (nSPS) is 25.7. The molecule has 2 fully saturated rings. The summed E-state index contributed by atoms with van der Waals surface area (Å²) in [7, 11) is 0. The molecule has 2 amide bonds. The summed E-state index contributed by atoms with van der Waals surface area (Å²) in [6.07, 6.45) is 3.73. The Hall–Kier alpha value is -1.75. The fraction of sp³-hybridized carbons (Fsp3) is 0.400. The molecule has 2 aliphatic rings. The molecular formula is C15H16N2O2S. The molecule has 5 heteroatoms. The minimum Gasteiger partial charge on any atom is -0.389 e. The highest BCUT2D eigenvalue weighted by atomic mass is 32.1. The number of benzene rings is 1. The van der Waals surface area contributed by atoms with Crippen LogP contribution in [0.2, 0.25) is 0 Å². The van der Waals surface area contributed by atoms with Gasteiger partial charge in [0.15, 0.2) is 0 Å². The summed E-state index contributed by atoms with van der Waals surface area (Å²) in [5.74, 6) is -0.344. The van der Waals surface area contributed by atoms with E-state index in [1.165, 1.54) is 4.90 Å². The van der Waals surface area contributed by atoms with Gasteiger partial charge in [0.1, 0.15) is 4.99 Å². The number of amides is 2. The van der Waals surface area contributed by atoms with E-state index in [-0.39, 0.29) is 23.7 Å². The number of carbonyl (C=O) groups is 2. The van der Waals surface area contributed by atoms with Gasteiger partial charge in [-0.2, -0.15) is 0 Å². The number of imide groups is 1. The molecule has 3 rings (SSSR count). The molecule has 0 aromatic heterocycles. The van der Waals surface area contributed by atoms with Crippen LogP contribution in [-0.4, -0.2) is 16.8 Å². The van der Waals surface area contributed by atoms with Gasteiger partial charge in [-0.25, -0.2) is 0 Å². The predicted octanol–water partition coefficient (Wildman–Crippen LogP) is 2.00. The van der Waals surface area contributed by atoms with E-state index in [2.05, 4.69) is 0 Å². The summed E-state index contributed by atoms with van der Waals surface area (Å²) >= 11 is 4.90. The molecule has 2 unspecified atom stereocenters. The number of rotatable bonds is 2.